The Morgan fingerprint density at radius 2 is 1.83 bits per heavy atom. The predicted molar refractivity (Wildman–Crippen MR) is 84.0 cm³/mol. The predicted octanol–water partition coefficient (Wildman–Crippen LogP) is 4.08. The summed E-state index contributed by atoms with van der Waals surface area (Å²) in [5, 5.41) is 3.23. The zero-order valence-electron chi connectivity index (χ0n) is 11.8. The summed E-state index contributed by atoms with van der Waals surface area (Å²) >= 11 is 6.00. The van der Waals surface area contributed by atoms with E-state index in [1.54, 1.807) is 18.5 Å². The Balaban J connectivity index is 1.82. The Bertz CT molecular complexity index is 807. The molecule has 0 aliphatic heterocycles. The molecule has 2 heterocycles. The highest BCUT2D eigenvalue weighted by Gasteiger charge is 2.07. The first-order chi connectivity index (χ1) is 11.1. The Kier molecular flexibility index (Phi) is 4.43. The third-order valence-corrected chi connectivity index (χ3v) is 3.20. The lowest BCUT2D eigenvalue weighted by atomic mass is 10.2. The van der Waals surface area contributed by atoms with Gasteiger partial charge in [-0.1, -0.05) is 11.6 Å². The van der Waals surface area contributed by atoms with E-state index in [1.165, 1.54) is 18.2 Å². The van der Waals surface area contributed by atoms with Crippen LogP contribution in [0.25, 0.3) is 11.4 Å². The van der Waals surface area contributed by atoms with Crippen LogP contribution in [0.3, 0.4) is 0 Å². The molecule has 23 heavy (non-hydrogen) atoms. The number of rotatable bonds is 4. The molecule has 1 N–H and O–H groups in total. The monoisotopic (exact) mass is 332 g/mol. The molecule has 116 valence electrons. The smallest absolute Gasteiger partial charge is 0.164 e. The second-order valence-electron chi connectivity index (χ2n) is 4.77. The van der Waals surface area contributed by atoms with Crippen molar-refractivity contribution in [3.8, 4) is 11.4 Å². The number of nitrogens with one attached hydrogen (secondary N) is 1. The fourth-order valence-electron chi connectivity index (χ4n) is 2.04. The van der Waals surface area contributed by atoms with E-state index in [-0.39, 0.29) is 11.7 Å². The molecule has 1 aromatic carbocycles. The van der Waals surface area contributed by atoms with Crippen LogP contribution in [0.15, 0.2) is 48.8 Å². The lowest BCUT2D eigenvalue weighted by Gasteiger charge is -2.08. The van der Waals surface area contributed by atoms with Gasteiger partial charge in [-0.2, -0.15) is 0 Å². The molecule has 0 atom stereocenters. The molecule has 0 aliphatic rings. The summed E-state index contributed by atoms with van der Waals surface area (Å²) in [6.45, 7) is 0.203. The number of hydrogen-bond acceptors (Lipinski definition) is 4. The molecular weight excluding hydrogens is 322 g/mol. The van der Waals surface area contributed by atoms with Gasteiger partial charge < -0.3 is 5.32 Å². The lowest BCUT2D eigenvalue weighted by Crippen LogP contribution is -2.04. The van der Waals surface area contributed by atoms with Crippen molar-refractivity contribution in [3.63, 3.8) is 0 Å². The molecule has 0 spiro atoms. The van der Waals surface area contributed by atoms with Crippen LogP contribution in [0.5, 0.6) is 0 Å². The maximum absolute atomic E-state index is 13.2. The van der Waals surface area contributed by atoms with Crippen LogP contribution in [0.1, 0.15) is 5.56 Å². The van der Waals surface area contributed by atoms with Crippen LogP contribution in [0, 0.1) is 11.6 Å². The van der Waals surface area contributed by atoms with Crippen LogP contribution >= 0.6 is 11.6 Å². The lowest BCUT2D eigenvalue weighted by molar-refractivity contribution is 0.580. The molecule has 2 aromatic heterocycles. The molecule has 0 bridgehead atoms. The number of aromatic nitrogens is 3. The van der Waals surface area contributed by atoms with E-state index < -0.39 is 11.6 Å². The molecule has 0 amide bonds. The van der Waals surface area contributed by atoms with Crippen molar-refractivity contribution >= 4 is 17.4 Å². The van der Waals surface area contributed by atoms with Crippen molar-refractivity contribution in [2.45, 2.75) is 6.54 Å². The van der Waals surface area contributed by atoms with E-state index in [0.717, 1.165) is 11.6 Å². The van der Waals surface area contributed by atoms with Crippen molar-refractivity contribution in [1.82, 2.24) is 15.0 Å². The molecular formula is C16H11ClF2N4. The van der Waals surface area contributed by atoms with Gasteiger partial charge in [0.05, 0.1) is 0 Å². The minimum atomic E-state index is -0.626. The molecule has 0 radical (unpaired) electrons. The van der Waals surface area contributed by atoms with Crippen LogP contribution < -0.4 is 5.32 Å². The first-order valence-electron chi connectivity index (χ1n) is 6.74. The SMILES string of the molecule is Fc1cc(F)cc(CNc2cc(Cl)nc(-c3cccnc3)n2)c1. The highest BCUT2D eigenvalue weighted by atomic mass is 35.5. The third kappa shape index (κ3) is 3.98. The van der Waals surface area contributed by atoms with Crippen molar-refractivity contribution in [3.05, 3.63) is 71.1 Å². The Labute approximate surface area is 136 Å². The molecule has 4 nitrogen and oxygen atoms in total. The van der Waals surface area contributed by atoms with E-state index in [9.17, 15) is 8.78 Å². The summed E-state index contributed by atoms with van der Waals surface area (Å²) in [6, 6.07) is 8.44. The van der Waals surface area contributed by atoms with Crippen molar-refractivity contribution in [2.75, 3.05) is 5.32 Å². The number of hydrogen-bond donors (Lipinski definition) is 1. The third-order valence-electron chi connectivity index (χ3n) is 3.01. The van der Waals surface area contributed by atoms with Gasteiger partial charge >= 0.3 is 0 Å². The van der Waals surface area contributed by atoms with Crippen LogP contribution in [0.2, 0.25) is 5.15 Å². The summed E-state index contributed by atoms with van der Waals surface area (Å²) in [4.78, 5) is 12.5. The van der Waals surface area contributed by atoms with Gasteiger partial charge in [-0.15, -0.1) is 0 Å². The molecule has 0 aliphatic carbocycles. The van der Waals surface area contributed by atoms with E-state index in [2.05, 4.69) is 20.3 Å². The van der Waals surface area contributed by atoms with E-state index in [4.69, 9.17) is 11.6 Å². The number of anilines is 1. The first-order valence-corrected chi connectivity index (χ1v) is 7.12. The molecule has 3 aromatic rings. The Morgan fingerprint density at radius 1 is 1.04 bits per heavy atom. The number of nitrogens with zero attached hydrogens (tertiary/aromatic N) is 3. The number of pyridine rings is 1. The zero-order chi connectivity index (χ0) is 16.2. The zero-order valence-corrected chi connectivity index (χ0v) is 12.6. The van der Waals surface area contributed by atoms with Gasteiger partial charge in [0.25, 0.3) is 0 Å². The van der Waals surface area contributed by atoms with Gasteiger partial charge in [0.15, 0.2) is 5.82 Å². The highest BCUT2D eigenvalue weighted by molar-refractivity contribution is 6.29. The minimum Gasteiger partial charge on any atom is -0.366 e. The van der Waals surface area contributed by atoms with Crippen LogP contribution in [-0.4, -0.2) is 15.0 Å². The van der Waals surface area contributed by atoms with Gasteiger partial charge in [-0.3, -0.25) is 4.98 Å². The second kappa shape index (κ2) is 6.66. The maximum Gasteiger partial charge on any atom is 0.164 e. The summed E-state index contributed by atoms with van der Waals surface area (Å²) in [5.74, 6) is -0.385. The summed E-state index contributed by atoms with van der Waals surface area (Å²) in [7, 11) is 0. The normalized spacial score (nSPS) is 10.6. The minimum absolute atomic E-state index is 0.203. The van der Waals surface area contributed by atoms with Gasteiger partial charge in [-0.25, -0.2) is 18.7 Å². The van der Waals surface area contributed by atoms with Gasteiger partial charge in [0.1, 0.15) is 22.6 Å². The molecule has 7 heteroatoms. The Hall–Kier alpha value is -2.60. The fourth-order valence-corrected chi connectivity index (χ4v) is 2.22. The quantitative estimate of drug-likeness (QED) is 0.731. The maximum atomic E-state index is 13.2. The standard InChI is InChI=1S/C16H11ClF2N4/c17-14-7-15(21-8-10-4-12(18)6-13(19)5-10)23-16(22-14)11-2-1-3-20-9-11/h1-7,9H,8H2,(H,21,22,23). The first kappa shape index (κ1) is 15.3. The average molecular weight is 333 g/mol. The van der Waals surface area contributed by atoms with E-state index >= 15 is 0 Å². The van der Waals surface area contributed by atoms with Crippen molar-refractivity contribution in [1.29, 1.82) is 0 Å². The van der Waals surface area contributed by atoms with Crippen molar-refractivity contribution < 1.29 is 8.78 Å². The summed E-state index contributed by atoms with van der Waals surface area (Å²) < 4.78 is 26.4. The fraction of sp³-hybridized carbons (Fsp3) is 0.0625. The molecule has 0 saturated heterocycles. The van der Waals surface area contributed by atoms with Gasteiger partial charge in [0, 0.05) is 36.6 Å². The second-order valence-corrected chi connectivity index (χ2v) is 5.16. The molecule has 0 saturated carbocycles. The molecule has 0 fully saturated rings. The molecule has 3 rings (SSSR count). The molecule has 0 unspecified atom stereocenters. The number of benzene rings is 1. The topological polar surface area (TPSA) is 50.7 Å². The highest BCUT2D eigenvalue weighted by Crippen LogP contribution is 2.20. The van der Waals surface area contributed by atoms with Gasteiger partial charge in [-0.05, 0) is 29.8 Å². The average Bonchev–Trinajstić information content (AvgIpc) is 2.52. The van der Waals surface area contributed by atoms with Crippen molar-refractivity contribution in [2.24, 2.45) is 0 Å². The summed E-state index contributed by atoms with van der Waals surface area (Å²) in [5.41, 5.74) is 1.18. The number of halogens is 3. The van der Waals surface area contributed by atoms with Gasteiger partial charge in [0.2, 0.25) is 0 Å². The van der Waals surface area contributed by atoms with E-state index in [1.807, 2.05) is 6.07 Å². The van der Waals surface area contributed by atoms with Crippen LogP contribution in [-0.2, 0) is 6.54 Å². The summed E-state index contributed by atoms with van der Waals surface area (Å²) in [6.07, 6.45) is 3.27. The van der Waals surface area contributed by atoms with E-state index in [0.29, 0.717) is 17.2 Å². The largest absolute Gasteiger partial charge is 0.366 e. The Morgan fingerprint density at radius 3 is 2.52 bits per heavy atom. The van der Waals surface area contributed by atoms with Crippen LogP contribution in [0.4, 0.5) is 14.6 Å².